The fourth-order valence-corrected chi connectivity index (χ4v) is 6.66. The molecule has 10 nitrogen and oxygen atoms in total. The predicted molar refractivity (Wildman–Crippen MR) is 201 cm³/mol. The highest BCUT2D eigenvalue weighted by molar-refractivity contribution is 7.47. The van der Waals surface area contributed by atoms with Crippen molar-refractivity contribution in [3.05, 3.63) is 0 Å². The lowest BCUT2D eigenvalue weighted by molar-refractivity contribution is -0.153. The molecule has 3 N–H and O–H groups in total. The van der Waals surface area contributed by atoms with Gasteiger partial charge in [-0.1, -0.05) is 174 Å². The molecule has 0 aliphatic carbocycles. The number of ether oxygens (including phenoxy) is 2. The first kappa shape index (κ1) is 49.0. The molecule has 0 radical (unpaired) electrons. The number of carbonyl (C=O) groups is 2. The van der Waals surface area contributed by atoms with Crippen molar-refractivity contribution in [2.75, 3.05) is 26.4 Å². The van der Waals surface area contributed by atoms with E-state index < -0.39 is 58.4 Å². The SMILES string of the molecule is CCCCCCCCCCCCCCCCCCCCCCCCC(=O)OC(CO)COP(=O)(O)OCC(CO)OC(=O)CCCCCCC. The Labute approximate surface area is 305 Å². The average molecular weight is 737 g/mol. The molecule has 298 valence electrons. The summed E-state index contributed by atoms with van der Waals surface area (Å²) in [6, 6.07) is 0. The lowest BCUT2D eigenvalue weighted by Gasteiger charge is -2.20. The highest BCUT2D eigenvalue weighted by atomic mass is 31.2. The molecule has 0 spiro atoms. The standard InChI is InChI=1S/C39H77O10P/c1-3-5-7-9-10-11-12-13-14-15-16-17-18-19-20-21-22-23-24-25-27-29-31-39(43)49-37(33-41)35-47-50(44,45)46-34-36(32-40)48-38(42)30-28-26-8-6-4-2/h36-37,40-41H,3-35H2,1-2H3,(H,44,45). The molecule has 0 saturated heterocycles. The van der Waals surface area contributed by atoms with E-state index in [4.69, 9.17) is 18.5 Å². The third kappa shape index (κ3) is 34.1. The number of phosphoric acid groups is 1. The number of hydrogen-bond acceptors (Lipinski definition) is 9. The fraction of sp³-hybridized carbons (Fsp3) is 0.949. The number of esters is 2. The van der Waals surface area contributed by atoms with Gasteiger partial charge in [0.2, 0.25) is 0 Å². The molecule has 0 bridgehead atoms. The second-order valence-corrected chi connectivity index (χ2v) is 15.4. The number of aliphatic hydroxyl groups is 2. The van der Waals surface area contributed by atoms with E-state index in [-0.39, 0.29) is 12.8 Å². The van der Waals surface area contributed by atoms with Gasteiger partial charge in [-0.25, -0.2) is 4.57 Å². The normalized spacial score (nSPS) is 13.9. The monoisotopic (exact) mass is 737 g/mol. The van der Waals surface area contributed by atoms with Crippen molar-refractivity contribution in [2.45, 2.75) is 212 Å². The van der Waals surface area contributed by atoms with Crippen LogP contribution in [0.2, 0.25) is 0 Å². The maximum absolute atomic E-state index is 12.2. The van der Waals surface area contributed by atoms with Crippen LogP contribution < -0.4 is 0 Å². The van der Waals surface area contributed by atoms with E-state index in [0.29, 0.717) is 12.8 Å². The lowest BCUT2D eigenvalue weighted by atomic mass is 10.0. The first-order valence-corrected chi connectivity index (χ1v) is 22.0. The molecule has 0 amide bonds. The van der Waals surface area contributed by atoms with Crippen LogP contribution in [0.25, 0.3) is 0 Å². The van der Waals surface area contributed by atoms with Gasteiger partial charge in [0, 0.05) is 12.8 Å². The first-order valence-electron chi connectivity index (χ1n) is 20.5. The van der Waals surface area contributed by atoms with Crippen LogP contribution in [-0.2, 0) is 32.7 Å². The summed E-state index contributed by atoms with van der Waals surface area (Å²) in [5.74, 6) is -1.02. The predicted octanol–water partition coefficient (Wildman–Crippen LogP) is 10.3. The average Bonchev–Trinajstić information content (AvgIpc) is 3.10. The molecule has 3 atom stereocenters. The van der Waals surface area contributed by atoms with Crippen molar-refractivity contribution < 1.29 is 47.8 Å². The molecule has 50 heavy (non-hydrogen) atoms. The van der Waals surface area contributed by atoms with E-state index in [1.54, 1.807) is 0 Å². The van der Waals surface area contributed by atoms with E-state index >= 15 is 0 Å². The van der Waals surface area contributed by atoms with E-state index in [9.17, 15) is 29.3 Å². The van der Waals surface area contributed by atoms with Crippen LogP contribution in [0.1, 0.15) is 200 Å². The van der Waals surface area contributed by atoms with Crippen molar-refractivity contribution >= 4 is 19.8 Å². The fourth-order valence-electron chi connectivity index (χ4n) is 5.88. The summed E-state index contributed by atoms with van der Waals surface area (Å²) in [5.41, 5.74) is 0. The zero-order valence-corrected chi connectivity index (χ0v) is 33.0. The number of carbonyl (C=O) groups excluding carboxylic acids is 2. The molecule has 3 unspecified atom stereocenters. The highest BCUT2D eigenvalue weighted by Crippen LogP contribution is 2.43. The third-order valence-corrected chi connectivity index (χ3v) is 10.0. The number of aliphatic hydroxyl groups excluding tert-OH is 2. The van der Waals surface area contributed by atoms with Crippen LogP contribution >= 0.6 is 7.82 Å². The van der Waals surface area contributed by atoms with Gasteiger partial charge >= 0.3 is 19.8 Å². The van der Waals surface area contributed by atoms with Gasteiger partial charge in [-0.15, -0.1) is 0 Å². The number of rotatable bonds is 39. The van der Waals surface area contributed by atoms with E-state index in [1.165, 1.54) is 116 Å². The number of phosphoric ester groups is 1. The highest BCUT2D eigenvalue weighted by Gasteiger charge is 2.27. The molecule has 0 aromatic carbocycles. The molecule has 0 aromatic rings. The van der Waals surface area contributed by atoms with Gasteiger partial charge in [0.15, 0.2) is 0 Å². The molecule has 0 aliphatic heterocycles. The molecule has 0 rings (SSSR count). The third-order valence-electron chi connectivity index (χ3n) is 9.07. The topological polar surface area (TPSA) is 149 Å². The molecule has 0 aromatic heterocycles. The van der Waals surface area contributed by atoms with Crippen LogP contribution in [0.4, 0.5) is 0 Å². The summed E-state index contributed by atoms with van der Waals surface area (Å²) in [6.45, 7) is 2.12. The molecular formula is C39H77O10P. The molecule has 11 heteroatoms. The lowest BCUT2D eigenvalue weighted by Crippen LogP contribution is -2.28. The van der Waals surface area contributed by atoms with Gasteiger partial charge < -0.3 is 24.6 Å². The first-order chi connectivity index (χ1) is 24.3. The summed E-state index contributed by atoms with van der Waals surface area (Å²) in [5, 5.41) is 19.0. The summed E-state index contributed by atoms with van der Waals surface area (Å²) in [6.07, 6.45) is 31.5. The van der Waals surface area contributed by atoms with Gasteiger partial charge in [-0.05, 0) is 12.8 Å². The Morgan fingerprint density at radius 3 is 0.940 bits per heavy atom. The van der Waals surface area contributed by atoms with E-state index in [0.717, 1.165) is 44.9 Å². The smallest absolute Gasteiger partial charge is 0.457 e. The largest absolute Gasteiger partial charge is 0.472 e. The summed E-state index contributed by atoms with van der Waals surface area (Å²) >= 11 is 0. The minimum atomic E-state index is -4.61. The van der Waals surface area contributed by atoms with Crippen LogP contribution in [0.5, 0.6) is 0 Å². The van der Waals surface area contributed by atoms with Crippen LogP contribution in [0.15, 0.2) is 0 Å². The van der Waals surface area contributed by atoms with Gasteiger partial charge in [-0.2, -0.15) is 0 Å². The van der Waals surface area contributed by atoms with E-state index in [1.807, 2.05) is 0 Å². The minimum Gasteiger partial charge on any atom is -0.457 e. The zero-order valence-electron chi connectivity index (χ0n) is 32.1. The molecule has 0 aliphatic rings. The Morgan fingerprint density at radius 2 is 0.700 bits per heavy atom. The van der Waals surface area contributed by atoms with Crippen LogP contribution in [0, 0.1) is 0 Å². The second-order valence-electron chi connectivity index (χ2n) is 14.0. The molecule has 0 saturated carbocycles. The van der Waals surface area contributed by atoms with Crippen molar-refractivity contribution in [1.82, 2.24) is 0 Å². The van der Waals surface area contributed by atoms with Crippen LogP contribution in [0.3, 0.4) is 0 Å². The Bertz CT molecular complexity index is 812. The number of hydrogen-bond donors (Lipinski definition) is 3. The molecule has 0 heterocycles. The van der Waals surface area contributed by atoms with Gasteiger partial charge in [0.25, 0.3) is 0 Å². The van der Waals surface area contributed by atoms with Crippen molar-refractivity contribution in [1.29, 1.82) is 0 Å². The van der Waals surface area contributed by atoms with Crippen molar-refractivity contribution in [3.63, 3.8) is 0 Å². The van der Waals surface area contributed by atoms with E-state index in [2.05, 4.69) is 13.8 Å². The zero-order chi connectivity index (χ0) is 37.0. The Morgan fingerprint density at radius 1 is 0.460 bits per heavy atom. The summed E-state index contributed by atoms with van der Waals surface area (Å²) in [4.78, 5) is 34.1. The Hall–Kier alpha value is -1.03. The maximum Gasteiger partial charge on any atom is 0.472 e. The quantitative estimate of drug-likeness (QED) is 0.0316. The second kappa shape index (κ2) is 36.3. The van der Waals surface area contributed by atoms with Gasteiger partial charge in [0.05, 0.1) is 26.4 Å². The van der Waals surface area contributed by atoms with Crippen molar-refractivity contribution in [3.8, 4) is 0 Å². The van der Waals surface area contributed by atoms with Gasteiger partial charge in [0.1, 0.15) is 12.2 Å². The van der Waals surface area contributed by atoms with Gasteiger partial charge in [-0.3, -0.25) is 18.6 Å². The Kier molecular flexibility index (Phi) is 35.6. The van der Waals surface area contributed by atoms with Crippen molar-refractivity contribution in [2.24, 2.45) is 0 Å². The molecular weight excluding hydrogens is 659 g/mol. The summed E-state index contributed by atoms with van der Waals surface area (Å²) in [7, 11) is -4.61. The Balaban J connectivity index is 3.75. The maximum atomic E-state index is 12.2. The molecule has 0 fully saturated rings. The minimum absolute atomic E-state index is 0.191. The summed E-state index contributed by atoms with van der Waals surface area (Å²) < 4.78 is 32.3. The van der Waals surface area contributed by atoms with Crippen LogP contribution in [-0.4, -0.2) is 65.7 Å². The number of unbranched alkanes of at least 4 members (excludes halogenated alkanes) is 25.